The molecule has 7 nitrogen and oxygen atoms in total. The Morgan fingerprint density at radius 1 is 1.06 bits per heavy atom. The molecule has 1 aliphatic rings. The second-order valence-corrected chi connectivity index (χ2v) is 8.58. The van der Waals surface area contributed by atoms with Gasteiger partial charge in [-0.05, 0) is 62.7 Å². The molecule has 34 heavy (non-hydrogen) atoms. The summed E-state index contributed by atoms with van der Waals surface area (Å²) in [6.07, 6.45) is -0.186. The van der Waals surface area contributed by atoms with Gasteiger partial charge in [0.15, 0.2) is 30.8 Å². The Balaban J connectivity index is 1.32. The number of para-hydroxylation sites is 2. The Hall–Kier alpha value is -3.45. The molecule has 1 aromatic heterocycles. The van der Waals surface area contributed by atoms with E-state index in [1.807, 2.05) is 49.6 Å². The van der Waals surface area contributed by atoms with E-state index in [1.165, 1.54) is 0 Å². The molecule has 0 saturated heterocycles. The van der Waals surface area contributed by atoms with Crippen LogP contribution in [0.4, 0.5) is 0 Å². The number of carbonyl (C=O) groups is 2. The summed E-state index contributed by atoms with van der Waals surface area (Å²) in [4.78, 5) is 24.8. The quantitative estimate of drug-likeness (QED) is 0.341. The molecule has 0 amide bonds. The number of halogens is 1. The molecule has 0 spiro atoms. The number of nitrogens with zero attached hydrogens (tertiary/aromatic N) is 1. The van der Waals surface area contributed by atoms with Crippen LogP contribution in [0.2, 0.25) is 5.02 Å². The SMILES string of the molecule is Cc1cc(OCC(=O)OCC(=O)c2cc(C)n(C[C@@H]3COc4ccccc4O3)c2C)ccc1Cl. The third kappa shape index (κ3) is 5.37. The monoisotopic (exact) mass is 483 g/mol. The molecule has 4 rings (SSSR count). The molecule has 0 saturated carbocycles. The standard InChI is InChI=1S/C26H26ClNO6/c1-16-10-19(8-9-22(16)27)31-15-26(30)33-14-23(29)21-11-17(2)28(18(21)3)12-20-13-32-24-6-4-5-7-25(24)34-20/h4-11,20H,12-15H2,1-3H3/t20-/m1/s1. The number of hydrogen-bond acceptors (Lipinski definition) is 6. The fraction of sp³-hybridized carbons (Fsp3) is 0.308. The van der Waals surface area contributed by atoms with E-state index in [0.29, 0.717) is 35.2 Å². The maximum absolute atomic E-state index is 12.7. The van der Waals surface area contributed by atoms with Gasteiger partial charge < -0.3 is 23.5 Å². The molecule has 1 aliphatic heterocycles. The predicted octanol–water partition coefficient (Wildman–Crippen LogP) is 4.71. The summed E-state index contributed by atoms with van der Waals surface area (Å²) in [6, 6.07) is 14.4. The van der Waals surface area contributed by atoms with E-state index >= 15 is 0 Å². The first-order chi connectivity index (χ1) is 16.3. The van der Waals surface area contributed by atoms with Gasteiger partial charge in [-0.25, -0.2) is 4.79 Å². The summed E-state index contributed by atoms with van der Waals surface area (Å²) >= 11 is 5.99. The van der Waals surface area contributed by atoms with E-state index in [4.69, 9.17) is 30.5 Å². The van der Waals surface area contributed by atoms with E-state index in [1.54, 1.807) is 24.3 Å². The lowest BCUT2D eigenvalue weighted by Crippen LogP contribution is -2.33. The first kappa shape index (κ1) is 23.7. The molecule has 0 fully saturated rings. The minimum absolute atomic E-state index is 0.186. The van der Waals surface area contributed by atoms with Gasteiger partial charge in [-0.2, -0.15) is 0 Å². The first-order valence-corrected chi connectivity index (χ1v) is 11.3. The summed E-state index contributed by atoms with van der Waals surface area (Å²) in [5.41, 5.74) is 3.05. The third-order valence-corrected chi connectivity index (χ3v) is 6.10. The van der Waals surface area contributed by atoms with E-state index in [9.17, 15) is 9.59 Å². The molecule has 178 valence electrons. The Morgan fingerprint density at radius 3 is 2.59 bits per heavy atom. The van der Waals surface area contributed by atoms with Crippen molar-refractivity contribution in [2.45, 2.75) is 33.4 Å². The smallest absolute Gasteiger partial charge is 0.344 e. The lowest BCUT2D eigenvalue weighted by Gasteiger charge is -2.27. The maximum Gasteiger partial charge on any atom is 0.344 e. The van der Waals surface area contributed by atoms with Crippen molar-refractivity contribution < 1.29 is 28.5 Å². The second kappa shape index (κ2) is 10.2. The van der Waals surface area contributed by atoms with Crippen molar-refractivity contribution in [1.82, 2.24) is 4.57 Å². The second-order valence-electron chi connectivity index (χ2n) is 8.18. The van der Waals surface area contributed by atoms with Crippen LogP contribution in [0.25, 0.3) is 0 Å². The number of hydrogen-bond donors (Lipinski definition) is 0. The number of ketones is 1. The van der Waals surface area contributed by atoms with Crippen LogP contribution in [0, 0.1) is 20.8 Å². The fourth-order valence-corrected chi connectivity index (χ4v) is 3.95. The molecule has 0 bridgehead atoms. The molecular formula is C26H26ClNO6. The molecule has 0 N–H and O–H groups in total. The first-order valence-electron chi connectivity index (χ1n) is 10.9. The zero-order chi connectivity index (χ0) is 24.2. The number of carbonyl (C=O) groups excluding carboxylic acids is 2. The Bertz CT molecular complexity index is 1220. The van der Waals surface area contributed by atoms with Crippen molar-refractivity contribution in [3.8, 4) is 17.2 Å². The Kier molecular flexibility index (Phi) is 7.12. The van der Waals surface area contributed by atoms with Gasteiger partial charge in [0.25, 0.3) is 0 Å². The third-order valence-electron chi connectivity index (χ3n) is 5.68. The van der Waals surface area contributed by atoms with Crippen LogP contribution in [-0.2, 0) is 16.1 Å². The zero-order valence-corrected chi connectivity index (χ0v) is 20.1. The lowest BCUT2D eigenvalue weighted by molar-refractivity contribution is -0.144. The number of aryl methyl sites for hydroxylation is 2. The summed E-state index contributed by atoms with van der Waals surface area (Å²) < 4.78 is 24.4. The van der Waals surface area contributed by atoms with Crippen LogP contribution in [0.1, 0.15) is 27.3 Å². The van der Waals surface area contributed by atoms with Gasteiger partial charge >= 0.3 is 5.97 Å². The van der Waals surface area contributed by atoms with E-state index in [2.05, 4.69) is 0 Å². The fourth-order valence-electron chi connectivity index (χ4n) is 3.84. The van der Waals surface area contributed by atoms with Crippen LogP contribution in [-0.4, -0.2) is 42.2 Å². The highest BCUT2D eigenvalue weighted by molar-refractivity contribution is 6.31. The molecule has 8 heteroatoms. The minimum atomic E-state index is -0.624. The van der Waals surface area contributed by atoms with Crippen molar-refractivity contribution in [3.63, 3.8) is 0 Å². The average Bonchev–Trinajstić information content (AvgIpc) is 3.11. The van der Waals surface area contributed by atoms with Gasteiger partial charge in [0.2, 0.25) is 5.78 Å². The van der Waals surface area contributed by atoms with Crippen LogP contribution in [0.5, 0.6) is 17.2 Å². The van der Waals surface area contributed by atoms with Crippen LogP contribution in [0.15, 0.2) is 48.5 Å². The van der Waals surface area contributed by atoms with Gasteiger partial charge in [0, 0.05) is 22.0 Å². The molecule has 0 unspecified atom stereocenters. The number of benzene rings is 2. The highest BCUT2D eigenvalue weighted by Crippen LogP contribution is 2.31. The highest BCUT2D eigenvalue weighted by atomic mass is 35.5. The summed E-state index contributed by atoms with van der Waals surface area (Å²) in [5.74, 6) is 1.04. The Morgan fingerprint density at radius 2 is 1.82 bits per heavy atom. The van der Waals surface area contributed by atoms with Crippen molar-refractivity contribution in [1.29, 1.82) is 0 Å². The van der Waals surface area contributed by atoms with Crippen molar-refractivity contribution >= 4 is 23.4 Å². The van der Waals surface area contributed by atoms with Crippen LogP contribution in [0.3, 0.4) is 0 Å². The topological polar surface area (TPSA) is 76.0 Å². The summed E-state index contributed by atoms with van der Waals surface area (Å²) in [5, 5.41) is 0.616. The lowest BCUT2D eigenvalue weighted by atomic mass is 10.1. The van der Waals surface area contributed by atoms with Crippen molar-refractivity contribution in [3.05, 3.63) is 76.1 Å². The number of fused-ring (bicyclic) bond motifs is 1. The maximum atomic E-state index is 12.7. The molecular weight excluding hydrogens is 458 g/mol. The summed E-state index contributed by atoms with van der Waals surface area (Å²) in [7, 11) is 0. The molecule has 3 aromatic rings. The summed E-state index contributed by atoms with van der Waals surface area (Å²) in [6.45, 7) is 5.93. The van der Waals surface area contributed by atoms with E-state index in [0.717, 1.165) is 22.7 Å². The number of Topliss-reactive ketones (excluding diaryl/α,β-unsaturated/α-hetero) is 1. The number of aromatic nitrogens is 1. The van der Waals surface area contributed by atoms with Crippen molar-refractivity contribution in [2.75, 3.05) is 19.8 Å². The van der Waals surface area contributed by atoms with Gasteiger partial charge in [-0.1, -0.05) is 23.7 Å². The molecule has 2 aromatic carbocycles. The number of ether oxygens (including phenoxy) is 4. The zero-order valence-electron chi connectivity index (χ0n) is 19.3. The number of esters is 1. The van der Waals surface area contributed by atoms with Gasteiger partial charge in [-0.15, -0.1) is 0 Å². The average molecular weight is 484 g/mol. The molecule has 2 heterocycles. The van der Waals surface area contributed by atoms with Crippen LogP contribution < -0.4 is 14.2 Å². The normalized spacial score (nSPS) is 14.5. The van der Waals surface area contributed by atoms with Gasteiger partial charge in [-0.3, -0.25) is 4.79 Å². The number of rotatable bonds is 8. The van der Waals surface area contributed by atoms with E-state index in [-0.39, 0.29) is 25.1 Å². The Labute approximate surface area is 203 Å². The molecule has 1 atom stereocenters. The molecule has 0 radical (unpaired) electrons. The minimum Gasteiger partial charge on any atom is -0.486 e. The molecule has 0 aliphatic carbocycles. The van der Waals surface area contributed by atoms with E-state index < -0.39 is 5.97 Å². The largest absolute Gasteiger partial charge is 0.486 e. The predicted molar refractivity (Wildman–Crippen MR) is 127 cm³/mol. The van der Waals surface area contributed by atoms with Gasteiger partial charge in [0.1, 0.15) is 12.4 Å². The van der Waals surface area contributed by atoms with Crippen LogP contribution >= 0.6 is 11.6 Å². The highest BCUT2D eigenvalue weighted by Gasteiger charge is 2.24. The van der Waals surface area contributed by atoms with Crippen molar-refractivity contribution in [2.24, 2.45) is 0 Å². The van der Waals surface area contributed by atoms with Gasteiger partial charge in [0.05, 0.1) is 6.54 Å².